The van der Waals surface area contributed by atoms with Crippen LogP contribution in [0.25, 0.3) is 0 Å². The number of carbonyl (C=O) groups is 1. The largest absolute Gasteiger partial charge is 0.308 e. The molecule has 1 aromatic rings. The first kappa shape index (κ1) is 11.4. The van der Waals surface area contributed by atoms with Crippen LogP contribution in [-0.4, -0.2) is 5.78 Å². The molecule has 0 fully saturated rings. The normalized spacial score (nSPS) is 9.93. The van der Waals surface area contributed by atoms with Crippen molar-refractivity contribution in [2.24, 2.45) is 0 Å². The third-order valence-electron chi connectivity index (χ3n) is 1.74. The summed E-state index contributed by atoms with van der Waals surface area (Å²) < 4.78 is 4.24. The van der Waals surface area contributed by atoms with Gasteiger partial charge in [-0.1, -0.05) is 6.07 Å². The van der Waals surface area contributed by atoms with E-state index in [-0.39, 0.29) is 5.78 Å². The van der Waals surface area contributed by atoms with E-state index in [2.05, 4.69) is 8.26 Å². The maximum absolute atomic E-state index is 11.2. The van der Waals surface area contributed by atoms with Crippen LogP contribution in [0.2, 0.25) is 0 Å². The van der Waals surface area contributed by atoms with Crippen molar-refractivity contribution < 1.29 is 17.9 Å². The molecule has 0 saturated carbocycles. The van der Waals surface area contributed by atoms with Crippen LogP contribution in [0.15, 0.2) is 18.2 Å². The Labute approximate surface area is 95.7 Å². The number of rotatable bonds is 4. The predicted molar refractivity (Wildman–Crippen MR) is 58.0 cm³/mol. The van der Waals surface area contributed by atoms with Crippen LogP contribution < -0.4 is 4.89 Å². The molecule has 0 aliphatic rings. The van der Waals surface area contributed by atoms with E-state index in [0.29, 0.717) is 11.3 Å². The van der Waals surface area contributed by atoms with Gasteiger partial charge in [0.2, 0.25) is 0 Å². The quantitative estimate of drug-likeness (QED) is 0.371. The lowest BCUT2D eigenvalue weighted by atomic mass is 10.1. The standard InChI is InChI=1S/C9H9IO4/c1-6-3-4-8(12-14-13-10)5-9(6)7(2)11/h3-5H,1-2H3. The van der Waals surface area contributed by atoms with Gasteiger partial charge in [0.1, 0.15) is 0 Å². The summed E-state index contributed by atoms with van der Waals surface area (Å²) in [5.74, 6) is 0.417. The van der Waals surface area contributed by atoms with Gasteiger partial charge in [-0.15, -0.1) is 3.22 Å². The Morgan fingerprint density at radius 2 is 2.14 bits per heavy atom. The summed E-state index contributed by atoms with van der Waals surface area (Å²) in [7, 11) is 0. The van der Waals surface area contributed by atoms with Crippen molar-refractivity contribution in [3.63, 3.8) is 0 Å². The molecule has 0 bridgehead atoms. The molecule has 0 N–H and O–H groups in total. The lowest BCUT2D eigenvalue weighted by molar-refractivity contribution is -0.388. The van der Waals surface area contributed by atoms with Crippen molar-refractivity contribution in [1.29, 1.82) is 0 Å². The van der Waals surface area contributed by atoms with Crippen LogP contribution in [0.1, 0.15) is 22.8 Å². The maximum atomic E-state index is 11.2. The van der Waals surface area contributed by atoms with Crippen molar-refractivity contribution in [2.75, 3.05) is 0 Å². The topological polar surface area (TPSA) is 44.8 Å². The number of halogens is 1. The minimum atomic E-state index is -0.0108. The molecule has 0 aromatic heterocycles. The van der Waals surface area contributed by atoms with Crippen LogP contribution in [0, 0.1) is 6.92 Å². The minimum Gasteiger partial charge on any atom is -0.308 e. The average molecular weight is 308 g/mol. The highest BCUT2D eigenvalue weighted by molar-refractivity contribution is 14.1. The molecule has 0 spiro atoms. The van der Waals surface area contributed by atoms with Gasteiger partial charge >= 0.3 is 0 Å². The number of hydrogen-bond donors (Lipinski definition) is 0. The fourth-order valence-corrected chi connectivity index (χ4v) is 1.16. The lowest BCUT2D eigenvalue weighted by Gasteiger charge is -2.04. The van der Waals surface area contributed by atoms with Gasteiger partial charge in [0.15, 0.2) is 34.5 Å². The average Bonchev–Trinajstić information content (AvgIpc) is 2.16. The van der Waals surface area contributed by atoms with E-state index in [9.17, 15) is 4.79 Å². The second kappa shape index (κ2) is 5.28. The molecule has 0 heterocycles. The van der Waals surface area contributed by atoms with Gasteiger partial charge in [0.05, 0.1) is 0 Å². The molecule has 0 aliphatic carbocycles. The Morgan fingerprint density at radius 1 is 1.43 bits per heavy atom. The fourth-order valence-electron chi connectivity index (χ4n) is 1.08. The molecule has 0 saturated heterocycles. The van der Waals surface area contributed by atoms with E-state index in [1.54, 1.807) is 18.2 Å². The van der Waals surface area contributed by atoms with Crippen LogP contribution in [0.4, 0.5) is 0 Å². The zero-order chi connectivity index (χ0) is 10.6. The van der Waals surface area contributed by atoms with E-state index in [1.807, 2.05) is 6.92 Å². The second-order valence-electron chi connectivity index (χ2n) is 2.75. The van der Waals surface area contributed by atoms with E-state index < -0.39 is 0 Å². The van der Waals surface area contributed by atoms with Gasteiger partial charge in [-0.2, -0.15) is 0 Å². The smallest absolute Gasteiger partial charge is 0.169 e. The number of aryl methyl sites for hydroxylation is 1. The number of benzene rings is 1. The molecule has 5 heteroatoms. The summed E-state index contributed by atoms with van der Waals surface area (Å²) in [5.41, 5.74) is 1.51. The highest BCUT2D eigenvalue weighted by atomic mass is 127. The van der Waals surface area contributed by atoms with Gasteiger partial charge in [-0.3, -0.25) is 4.79 Å². The maximum Gasteiger partial charge on any atom is 0.169 e. The van der Waals surface area contributed by atoms with Crippen LogP contribution in [-0.2, 0) is 8.26 Å². The highest BCUT2D eigenvalue weighted by Crippen LogP contribution is 2.18. The second-order valence-corrected chi connectivity index (χ2v) is 3.11. The van der Waals surface area contributed by atoms with Gasteiger partial charge in [-0.05, 0) is 36.6 Å². The van der Waals surface area contributed by atoms with Gasteiger partial charge in [0, 0.05) is 5.56 Å². The summed E-state index contributed by atoms with van der Waals surface area (Å²) in [4.78, 5) is 15.9. The van der Waals surface area contributed by atoms with Gasteiger partial charge < -0.3 is 4.89 Å². The van der Waals surface area contributed by atoms with Crippen molar-refractivity contribution in [2.45, 2.75) is 13.8 Å². The van der Waals surface area contributed by atoms with Gasteiger partial charge in [0.25, 0.3) is 0 Å². The first-order valence-corrected chi connectivity index (χ1v) is 4.76. The third kappa shape index (κ3) is 2.93. The summed E-state index contributed by atoms with van der Waals surface area (Å²) in [5, 5.41) is 4.27. The van der Waals surface area contributed by atoms with Crippen LogP contribution >= 0.6 is 23.0 Å². The molecule has 1 aromatic carbocycles. The molecular weight excluding hydrogens is 299 g/mol. The predicted octanol–water partition coefficient (Wildman–Crippen LogP) is 2.79. The zero-order valence-corrected chi connectivity index (χ0v) is 9.90. The van der Waals surface area contributed by atoms with Crippen LogP contribution in [0.3, 0.4) is 0 Å². The molecule has 14 heavy (non-hydrogen) atoms. The Balaban J connectivity index is 2.89. The highest BCUT2D eigenvalue weighted by Gasteiger charge is 2.06. The monoisotopic (exact) mass is 308 g/mol. The number of Topliss-reactive ketones (excluding diaryl/α,β-unsaturated/α-hetero) is 1. The Kier molecular flexibility index (Phi) is 4.30. The summed E-state index contributed by atoms with van der Waals surface area (Å²) in [6, 6.07) is 5.08. The third-order valence-corrected chi connectivity index (χ3v) is 1.89. The SMILES string of the molecule is CC(=O)c1cc(OOOI)ccc1C. The number of hydrogen-bond acceptors (Lipinski definition) is 4. The Morgan fingerprint density at radius 3 is 2.71 bits per heavy atom. The summed E-state index contributed by atoms with van der Waals surface area (Å²) in [6.45, 7) is 3.36. The summed E-state index contributed by atoms with van der Waals surface area (Å²) in [6.07, 6.45) is 0. The number of carbonyl (C=O) groups excluding carboxylic acids is 1. The van der Waals surface area contributed by atoms with Crippen molar-refractivity contribution >= 4 is 28.8 Å². The molecule has 0 amide bonds. The first-order chi connectivity index (χ1) is 6.65. The molecule has 0 unspecified atom stereocenters. The van der Waals surface area contributed by atoms with E-state index in [4.69, 9.17) is 4.89 Å². The van der Waals surface area contributed by atoms with E-state index in [0.717, 1.165) is 5.56 Å². The molecule has 0 atom stereocenters. The Hall–Kier alpha value is -0.660. The molecule has 76 valence electrons. The van der Waals surface area contributed by atoms with Crippen molar-refractivity contribution in [1.82, 2.24) is 0 Å². The first-order valence-electron chi connectivity index (χ1n) is 3.88. The summed E-state index contributed by atoms with van der Waals surface area (Å²) >= 11 is 1.53. The molecule has 0 radical (unpaired) electrons. The van der Waals surface area contributed by atoms with Crippen molar-refractivity contribution in [3.05, 3.63) is 29.3 Å². The van der Waals surface area contributed by atoms with E-state index >= 15 is 0 Å². The fraction of sp³-hybridized carbons (Fsp3) is 0.222. The van der Waals surface area contributed by atoms with Crippen LogP contribution in [0.5, 0.6) is 5.75 Å². The molecular formula is C9H9IO4. The molecule has 4 nitrogen and oxygen atoms in total. The van der Waals surface area contributed by atoms with E-state index in [1.165, 1.54) is 29.9 Å². The van der Waals surface area contributed by atoms with Crippen molar-refractivity contribution in [3.8, 4) is 5.75 Å². The van der Waals surface area contributed by atoms with Gasteiger partial charge in [-0.25, -0.2) is 0 Å². The lowest BCUT2D eigenvalue weighted by Crippen LogP contribution is -1.98. The molecule has 1 rings (SSSR count). The molecule has 0 aliphatic heterocycles. The zero-order valence-electron chi connectivity index (χ0n) is 7.74. The minimum absolute atomic E-state index is 0.0108. The Bertz CT molecular complexity index is 338. The number of ketones is 1.